The number of fused-ring (bicyclic) bond motifs is 5. The molecule has 0 saturated carbocycles. The zero-order chi connectivity index (χ0) is 17.1. The first-order valence-corrected chi connectivity index (χ1v) is 8.12. The van der Waals surface area contributed by atoms with Gasteiger partial charge in [0.1, 0.15) is 12.1 Å². The van der Waals surface area contributed by atoms with E-state index >= 15 is 0 Å². The van der Waals surface area contributed by atoms with Gasteiger partial charge in [0.2, 0.25) is 0 Å². The lowest BCUT2D eigenvalue weighted by Gasteiger charge is -2.22. The van der Waals surface area contributed by atoms with E-state index in [2.05, 4.69) is 15.1 Å². The summed E-state index contributed by atoms with van der Waals surface area (Å²) in [6.45, 7) is 2.37. The van der Waals surface area contributed by atoms with E-state index < -0.39 is 5.82 Å². The summed E-state index contributed by atoms with van der Waals surface area (Å²) in [5.74, 6) is 0.260. The Kier molecular flexibility index (Phi) is 2.85. The van der Waals surface area contributed by atoms with Crippen molar-refractivity contribution in [2.24, 2.45) is 0 Å². The first kappa shape index (κ1) is 14.3. The summed E-state index contributed by atoms with van der Waals surface area (Å²) in [4.78, 5) is 23.5. The lowest BCUT2D eigenvalue weighted by atomic mass is 10.1. The third-order valence-electron chi connectivity index (χ3n) is 4.81. The zero-order valence-corrected chi connectivity index (χ0v) is 13.4. The first-order valence-electron chi connectivity index (χ1n) is 8.12. The van der Waals surface area contributed by atoms with Crippen molar-refractivity contribution in [2.45, 2.75) is 25.8 Å². The summed E-state index contributed by atoms with van der Waals surface area (Å²) in [6.07, 6.45) is 3.33. The third-order valence-corrected chi connectivity index (χ3v) is 4.81. The fourth-order valence-electron chi connectivity index (χ4n) is 3.76. The van der Waals surface area contributed by atoms with Crippen molar-refractivity contribution in [3.63, 3.8) is 0 Å². The lowest BCUT2D eigenvalue weighted by Crippen LogP contribution is -2.29. The second kappa shape index (κ2) is 4.98. The van der Waals surface area contributed by atoms with Gasteiger partial charge < -0.3 is 9.42 Å². The van der Waals surface area contributed by atoms with Gasteiger partial charge in [-0.25, -0.2) is 9.37 Å². The number of hydrogen-bond acceptors (Lipinski definition) is 5. The summed E-state index contributed by atoms with van der Waals surface area (Å²) >= 11 is 0. The minimum Gasteiger partial charge on any atom is -0.332 e. The molecule has 7 nitrogen and oxygen atoms in total. The molecule has 0 N–H and O–H groups in total. The Morgan fingerprint density at radius 1 is 1.36 bits per heavy atom. The molecule has 2 aliphatic heterocycles. The van der Waals surface area contributed by atoms with Crippen molar-refractivity contribution in [1.29, 1.82) is 0 Å². The molecular formula is C17H14FN5O2. The fraction of sp³-hybridized carbons (Fsp3) is 0.294. The van der Waals surface area contributed by atoms with Crippen molar-refractivity contribution in [3.8, 4) is 17.3 Å². The average molecular weight is 339 g/mol. The van der Waals surface area contributed by atoms with Crippen molar-refractivity contribution in [1.82, 2.24) is 24.6 Å². The largest absolute Gasteiger partial charge is 0.332 e. The molecule has 1 fully saturated rings. The average Bonchev–Trinajstić information content (AvgIpc) is 3.30. The number of carbonyl (C=O) groups excluding carboxylic acids is 1. The van der Waals surface area contributed by atoms with Gasteiger partial charge in [0, 0.05) is 6.54 Å². The molecule has 0 spiro atoms. The third kappa shape index (κ3) is 1.97. The molecule has 4 heterocycles. The van der Waals surface area contributed by atoms with Crippen LogP contribution in [0.4, 0.5) is 4.39 Å². The number of halogens is 1. The number of rotatable bonds is 1. The molecule has 3 aromatic rings. The Hall–Kier alpha value is -3.03. The fourth-order valence-corrected chi connectivity index (χ4v) is 3.76. The maximum atomic E-state index is 13.8. The molecule has 5 rings (SSSR count). The highest BCUT2D eigenvalue weighted by Gasteiger charge is 2.40. The molecule has 2 aliphatic rings. The van der Waals surface area contributed by atoms with Gasteiger partial charge in [0.15, 0.2) is 11.5 Å². The maximum absolute atomic E-state index is 13.8. The number of hydrogen-bond donors (Lipinski definition) is 0. The second-order valence-corrected chi connectivity index (χ2v) is 6.31. The minimum atomic E-state index is -0.431. The number of imidazole rings is 1. The summed E-state index contributed by atoms with van der Waals surface area (Å²) in [7, 11) is 0. The zero-order valence-electron chi connectivity index (χ0n) is 13.4. The molecule has 25 heavy (non-hydrogen) atoms. The van der Waals surface area contributed by atoms with Crippen molar-refractivity contribution in [3.05, 3.63) is 47.4 Å². The van der Waals surface area contributed by atoms with Crippen LogP contribution < -0.4 is 0 Å². The van der Waals surface area contributed by atoms with Crippen LogP contribution in [0.25, 0.3) is 17.3 Å². The number of aromatic nitrogens is 4. The number of nitrogens with zero attached hydrogens (tertiary/aromatic N) is 5. The van der Waals surface area contributed by atoms with Gasteiger partial charge in [-0.15, -0.1) is 0 Å². The van der Waals surface area contributed by atoms with E-state index in [4.69, 9.17) is 4.52 Å². The molecule has 2 aromatic heterocycles. The monoisotopic (exact) mass is 339 g/mol. The highest BCUT2D eigenvalue weighted by Crippen LogP contribution is 2.42. The Bertz CT molecular complexity index is 1010. The number of benzene rings is 1. The Morgan fingerprint density at radius 3 is 3.04 bits per heavy atom. The van der Waals surface area contributed by atoms with Crippen LogP contribution in [0.5, 0.6) is 0 Å². The van der Waals surface area contributed by atoms with E-state index in [-0.39, 0.29) is 11.9 Å². The van der Waals surface area contributed by atoms with E-state index in [1.807, 2.05) is 4.57 Å². The van der Waals surface area contributed by atoms with Crippen LogP contribution in [0.15, 0.2) is 29.0 Å². The molecule has 1 atom stereocenters. The molecule has 1 saturated heterocycles. The maximum Gasteiger partial charge on any atom is 0.278 e. The molecule has 126 valence electrons. The van der Waals surface area contributed by atoms with E-state index in [1.54, 1.807) is 24.2 Å². The van der Waals surface area contributed by atoms with E-state index in [0.29, 0.717) is 35.2 Å². The van der Waals surface area contributed by atoms with Crippen LogP contribution in [-0.2, 0) is 0 Å². The molecule has 0 unspecified atom stereocenters. The quantitative estimate of drug-likeness (QED) is 0.681. The summed E-state index contributed by atoms with van der Waals surface area (Å²) in [5.41, 5.74) is 2.37. The first-order chi connectivity index (χ1) is 12.1. The SMILES string of the molecule is Cc1noc(-c2ncn3c2[C@H]2CCCN2C(=O)c2cc(F)ccc2-3)n1. The summed E-state index contributed by atoms with van der Waals surface area (Å²) < 4.78 is 20.9. The van der Waals surface area contributed by atoms with Crippen LogP contribution in [0.3, 0.4) is 0 Å². The normalized spacial score (nSPS) is 18.7. The molecule has 0 radical (unpaired) electrons. The molecule has 0 aliphatic carbocycles. The Balaban J connectivity index is 1.80. The topological polar surface area (TPSA) is 77.0 Å². The molecule has 1 aromatic carbocycles. The van der Waals surface area contributed by atoms with Gasteiger partial charge >= 0.3 is 0 Å². The number of amides is 1. The minimum absolute atomic E-state index is 0.146. The van der Waals surface area contributed by atoms with Crippen molar-refractivity contribution < 1.29 is 13.7 Å². The van der Waals surface area contributed by atoms with E-state index in [1.165, 1.54) is 12.1 Å². The summed E-state index contributed by atoms with van der Waals surface area (Å²) in [6, 6.07) is 4.10. The van der Waals surface area contributed by atoms with Crippen LogP contribution >= 0.6 is 0 Å². The van der Waals surface area contributed by atoms with E-state index in [0.717, 1.165) is 18.5 Å². The Labute approximate surface area is 142 Å². The number of aryl methyl sites for hydroxylation is 1. The van der Waals surface area contributed by atoms with Gasteiger partial charge in [-0.2, -0.15) is 4.98 Å². The second-order valence-electron chi connectivity index (χ2n) is 6.31. The highest BCUT2D eigenvalue weighted by molar-refractivity contribution is 5.99. The van der Waals surface area contributed by atoms with Crippen LogP contribution in [0.2, 0.25) is 0 Å². The van der Waals surface area contributed by atoms with Crippen LogP contribution in [0, 0.1) is 12.7 Å². The Morgan fingerprint density at radius 2 is 2.24 bits per heavy atom. The molecule has 1 amide bonds. The predicted octanol–water partition coefficient (Wildman–Crippen LogP) is 2.66. The number of carbonyl (C=O) groups is 1. The lowest BCUT2D eigenvalue weighted by molar-refractivity contribution is 0.0738. The van der Waals surface area contributed by atoms with Gasteiger partial charge in [0.25, 0.3) is 11.8 Å². The van der Waals surface area contributed by atoms with Crippen molar-refractivity contribution in [2.75, 3.05) is 6.54 Å². The van der Waals surface area contributed by atoms with Gasteiger partial charge in [-0.05, 0) is 38.0 Å². The van der Waals surface area contributed by atoms with Gasteiger partial charge in [-0.1, -0.05) is 5.16 Å². The smallest absolute Gasteiger partial charge is 0.278 e. The van der Waals surface area contributed by atoms with E-state index in [9.17, 15) is 9.18 Å². The van der Waals surface area contributed by atoms with Crippen LogP contribution in [0.1, 0.15) is 40.8 Å². The standard InChI is InChI=1S/C17H14FN5O2/c1-9-20-16(25-21-9)14-15-13-3-2-6-22(13)17(24)11-7-10(18)4-5-12(11)23(15)8-19-14/h4-5,7-8,13H,2-3,6H2,1H3/t13-/m1/s1. The van der Waals surface area contributed by atoms with Gasteiger partial charge in [0.05, 0.1) is 23.0 Å². The summed E-state index contributed by atoms with van der Waals surface area (Å²) in [5, 5.41) is 3.84. The molecular weight excluding hydrogens is 325 g/mol. The molecule has 8 heteroatoms. The predicted molar refractivity (Wildman–Crippen MR) is 84.6 cm³/mol. The highest BCUT2D eigenvalue weighted by atomic mass is 19.1. The molecule has 0 bridgehead atoms. The van der Waals surface area contributed by atoms with Gasteiger partial charge in [-0.3, -0.25) is 9.36 Å². The van der Waals surface area contributed by atoms with Crippen molar-refractivity contribution >= 4 is 5.91 Å². The van der Waals surface area contributed by atoms with Crippen LogP contribution in [-0.4, -0.2) is 37.0 Å².